The smallest absolute Gasteiger partial charge is 0.306 e. The number of esters is 1. The van der Waals surface area contributed by atoms with Gasteiger partial charge in [0.25, 0.3) is 0 Å². The number of fused-ring (bicyclic) bond motifs is 1. The van der Waals surface area contributed by atoms with Crippen molar-refractivity contribution in [1.82, 2.24) is 5.16 Å². The van der Waals surface area contributed by atoms with E-state index in [1.165, 1.54) is 0 Å². The van der Waals surface area contributed by atoms with Gasteiger partial charge in [0.1, 0.15) is 5.60 Å². The van der Waals surface area contributed by atoms with E-state index in [1.54, 1.807) is 0 Å². The molecule has 0 aromatic carbocycles. The highest BCUT2D eigenvalue weighted by molar-refractivity contribution is 5.99. The average molecular weight is 450 g/mol. The standard InChI is InChI=1S/C26H43NO5/c1-7-8-15-30-16-9-10-20(17-22(29)31-26(4,5)6)24-23-21(28)14-13-19(12-11-18(2)3)25(23)32-27-24/h18-20H,7-17H2,1-6H3/t19?,20-/m0/s1. The Balaban J connectivity index is 2.18. The molecule has 32 heavy (non-hydrogen) atoms. The predicted octanol–water partition coefficient (Wildman–Crippen LogP) is 6.58. The Morgan fingerprint density at radius 2 is 1.91 bits per heavy atom. The van der Waals surface area contributed by atoms with Crippen LogP contribution in [0.25, 0.3) is 0 Å². The zero-order valence-electron chi connectivity index (χ0n) is 21.0. The number of ether oxygens (including phenoxy) is 2. The summed E-state index contributed by atoms with van der Waals surface area (Å²) >= 11 is 0. The third-order valence-corrected chi connectivity index (χ3v) is 5.91. The van der Waals surface area contributed by atoms with Crippen LogP contribution in [-0.2, 0) is 14.3 Å². The topological polar surface area (TPSA) is 78.6 Å². The third kappa shape index (κ3) is 8.34. The van der Waals surface area contributed by atoms with Crippen molar-refractivity contribution in [3.8, 4) is 0 Å². The van der Waals surface area contributed by atoms with Gasteiger partial charge in [0.2, 0.25) is 0 Å². The molecule has 0 fully saturated rings. The largest absolute Gasteiger partial charge is 0.460 e. The number of carbonyl (C=O) groups is 2. The maximum Gasteiger partial charge on any atom is 0.306 e. The molecule has 0 spiro atoms. The van der Waals surface area contributed by atoms with E-state index >= 15 is 0 Å². The number of unbranched alkanes of at least 4 members (excludes halogenated alkanes) is 1. The molecule has 0 saturated heterocycles. The Morgan fingerprint density at radius 1 is 1.19 bits per heavy atom. The summed E-state index contributed by atoms with van der Waals surface area (Å²) in [4.78, 5) is 25.5. The molecular weight excluding hydrogens is 406 g/mol. The molecule has 6 heteroatoms. The van der Waals surface area contributed by atoms with Gasteiger partial charge in [-0.05, 0) is 58.8 Å². The van der Waals surface area contributed by atoms with Gasteiger partial charge in [-0.25, -0.2) is 0 Å². The van der Waals surface area contributed by atoms with Crippen molar-refractivity contribution in [2.45, 2.75) is 117 Å². The van der Waals surface area contributed by atoms with E-state index in [1.807, 2.05) is 20.8 Å². The number of ketones is 1. The summed E-state index contributed by atoms with van der Waals surface area (Å²) in [5.41, 5.74) is 0.718. The second kappa shape index (κ2) is 12.5. The van der Waals surface area contributed by atoms with E-state index in [2.05, 4.69) is 25.9 Å². The Morgan fingerprint density at radius 3 is 2.56 bits per heavy atom. The van der Waals surface area contributed by atoms with Crippen molar-refractivity contribution in [3.63, 3.8) is 0 Å². The van der Waals surface area contributed by atoms with Gasteiger partial charge >= 0.3 is 5.97 Å². The summed E-state index contributed by atoms with van der Waals surface area (Å²) in [6.45, 7) is 13.5. The average Bonchev–Trinajstić information content (AvgIpc) is 3.14. The lowest BCUT2D eigenvalue weighted by Gasteiger charge is -2.23. The zero-order chi connectivity index (χ0) is 23.7. The van der Waals surface area contributed by atoms with Crippen molar-refractivity contribution in [2.24, 2.45) is 5.92 Å². The van der Waals surface area contributed by atoms with Crippen LogP contribution in [0.15, 0.2) is 4.52 Å². The molecule has 1 heterocycles. The summed E-state index contributed by atoms with van der Waals surface area (Å²) in [7, 11) is 0. The minimum absolute atomic E-state index is 0.0884. The van der Waals surface area contributed by atoms with Gasteiger partial charge in [0.05, 0.1) is 17.7 Å². The van der Waals surface area contributed by atoms with Crippen molar-refractivity contribution < 1.29 is 23.6 Å². The molecule has 0 bridgehead atoms. The number of rotatable bonds is 13. The molecule has 1 aliphatic rings. The monoisotopic (exact) mass is 449 g/mol. The summed E-state index contributed by atoms with van der Waals surface area (Å²) < 4.78 is 17.0. The number of nitrogens with zero attached hydrogens (tertiary/aromatic N) is 1. The number of carbonyl (C=O) groups excluding carboxylic acids is 2. The molecule has 1 aromatic heterocycles. The fourth-order valence-corrected chi connectivity index (χ4v) is 4.22. The number of Topliss-reactive ketones (excluding diaryl/α,β-unsaturated/α-hetero) is 1. The summed E-state index contributed by atoms with van der Waals surface area (Å²) in [5, 5.41) is 4.36. The van der Waals surface area contributed by atoms with Crippen LogP contribution in [0.4, 0.5) is 0 Å². The Kier molecular flexibility index (Phi) is 10.4. The van der Waals surface area contributed by atoms with E-state index < -0.39 is 5.60 Å². The Bertz CT molecular complexity index is 731. The number of hydrogen-bond donors (Lipinski definition) is 0. The van der Waals surface area contributed by atoms with Gasteiger partial charge in [-0.15, -0.1) is 0 Å². The first-order valence-corrected chi connectivity index (χ1v) is 12.4. The highest BCUT2D eigenvalue weighted by Gasteiger charge is 2.36. The van der Waals surface area contributed by atoms with Crippen LogP contribution in [-0.4, -0.2) is 35.7 Å². The summed E-state index contributed by atoms with van der Waals surface area (Å²) in [6, 6.07) is 0. The van der Waals surface area contributed by atoms with Crippen LogP contribution in [0.2, 0.25) is 0 Å². The van der Waals surface area contributed by atoms with E-state index in [9.17, 15) is 9.59 Å². The maximum atomic E-state index is 12.9. The number of aromatic nitrogens is 1. The van der Waals surface area contributed by atoms with E-state index in [4.69, 9.17) is 14.0 Å². The zero-order valence-corrected chi connectivity index (χ0v) is 21.0. The summed E-state index contributed by atoms with van der Waals surface area (Å²) in [5.74, 6) is 1.17. The van der Waals surface area contributed by atoms with Crippen LogP contribution in [0, 0.1) is 5.92 Å². The van der Waals surface area contributed by atoms with Gasteiger partial charge in [-0.1, -0.05) is 38.8 Å². The van der Waals surface area contributed by atoms with Crippen LogP contribution < -0.4 is 0 Å². The van der Waals surface area contributed by atoms with Crippen molar-refractivity contribution in [2.75, 3.05) is 13.2 Å². The fraction of sp³-hybridized carbons (Fsp3) is 0.808. The first-order valence-electron chi connectivity index (χ1n) is 12.4. The van der Waals surface area contributed by atoms with Gasteiger partial charge in [-0.2, -0.15) is 0 Å². The maximum absolute atomic E-state index is 12.9. The summed E-state index contributed by atoms with van der Waals surface area (Å²) in [6.07, 6.45) is 7.25. The molecule has 2 rings (SSSR count). The SMILES string of the molecule is CCCCOCCC[C@@H](CC(=O)OC(C)(C)C)c1noc2c1C(=O)CCC2CCC(C)C. The van der Waals surface area contributed by atoms with Crippen LogP contribution in [0.5, 0.6) is 0 Å². The Labute approximate surface area is 193 Å². The minimum atomic E-state index is -0.550. The van der Waals surface area contributed by atoms with E-state index in [-0.39, 0.29) is 30.0 Å². The normalized spacial score (nSPS) is 17.5. The molecule has 2 atom stereocenters. The van der Waals surface area contributed by atoms with Crippen LogP contribution >= 0.6 is 0 Å². The van der Waals surface area contributed by atoms with Crippen LogP contribution in [0.3, 0.4) is 0 Å². The fourth-order valence-electron chi connectivity index (χ4n) is 4.22. The second-order valence-corrected chi connectivity index (χ2v) is 10.5. The molecule has 0 amide bonds. The van der Waals surface area contributed by atoms with Gasteiger partial charge in [-0.3, -0.25) is 9.59 Å². The quantitative estimate of drug-likeness (QED) is 0.250. The number of hydrogen-bond acceptors (Lipinski definition) is 6. The highest BCUT2D eigenvalue weighted by atomic mass is 16.6. The van der Waals surface area contributed by atoms with Crippen molar-refractivity contribution in [3.05, 3.63) is 17.0 Å². The van der Waals surface area contributed by atoms with Crippen molar-refractivity contribution in [1.29, 1.82) is 0 Å². The van der Waals surface area contributed by atoms with E-state index in [0.717, 1.165) is 50.9 Å². The highest BCUT2D eigenvalue weighted by Crippen LogP contribution is 2.40. The molecule has 0 N–H and O–H groups in total. The molecule has 182 valence electrons. The molecule has 6 nitrogen and oxygen atoms in total. The predicted molar refractivity (Wildman–Crippen MR) is 125 cm³/mol. The Hall–Kier alpha value is -1.69. The van der Waals surface area contributed by atoms with E-state index in [0.29, 0.717) is 36.6 Å². The second-order valence-electron chi connectivity index (χ2n) is 10.5. The van der Waals surface area contributed by atoms with Gasteiger partial charge < -0.3 is 14.0 Å². The van der Waals surface area contributed by atoms with Gasteiger partial charge in [0.15, 0.2) is 11.5 Å². The van der Waals surface area contributed by atoms with Crippen molar-refractivity contribution >= 4 is 11.8 Å². The molecule has 0 saturated carbocycles. The first kappa shape index (κ1) is 26.6. The van der Waals surface area contributed by atoms with Crippen LogP contribution in [0.1, 0.15) is 133 Å². The molecule has 1 unspecified atom stereocenters. The first-order chi connectivity index (χ1) is 15.1. The molecule has 0 aliphatic heterocycles. The lowest BCUT2D eigenvalue weighted by Crippen LogP contribution is -2.25. The minimum Gasteiger partial charge on any atom is -0.460 e. The lowest BCUT2D eigenvalue weighted by molar-refractivity contribution is -0.155. The van der Waals surface area contributed by atoms with Gasteiger partial charge in [0, 0.05) is 31.5 Å². The molecule has 1 aromatic rings. The molecule has 1 aliphatic carbocycles. The third-order valence-electron chi connectivity index (χ3n) is 5.91. The molecule has 0 radical (unpaired) electrons. The lowest BCUT2D eigenvalue weighted by atomic mass is 9.80. The molecular formula is C26H43NO5.